The first-order valence-electron chi connectivity index (χ1n) is 10.7. The second-order valence-electron chi connectivity index (χ2n) is 8.34. The third kappa shape index (κ3) is 4.90. The second-order valence-corrected chi connectivity index (χ2v) is 8.34. The molecule has 0 aliphatic rings. The maximum atomic E-state index is 13.1. The van der Waals surface area contributed by atoms with Crippen LogP contribution in [-0.4, -0.2) is 30.2 Å². The first-order valence-corrected chi connectivity index (χ1v) is 10.7. The van der Waals surface area contributed by atoms with E-state index in [9.17, 15) is 9.59 Å². The Bertz CT molecular complexity index is 1350. The molecule has 1 amide bonds. The Kier molecular flexibility index (Phi) is 6.17. The Hall–Kier alpha value is -4.07. The van der Waals surface area contributed by atoms with Gasteiger partial charge in [-0.1, -0.05) is 26.0 Å². The maximum absolute atomic E-state index is 13.1. The molecule has 168 valence electrons. The third-order valence-corrected chi connectivity index (χ3v) is 5.32. The molecule has 8 nitrogen and oxygen atoms in total. The quantitative estimate of drug-likeness (QED) is 0.494. The van der Waals surface area contributed by atoms with Crippen molar-refractivity contribution in [3.63, 3.8) is 0 Å². The van der Waals surface area contributed by atoms with E-state index >= 15 is 0 Å². The predicted molar refractivity (Wildman–Crippen MR) is 126 cm³/mol. The number of nitrogens with one attached hydrogen (secondary N) is 1. The molecule has 1 aromatic carbocycles. The molecule has 3 aromatic heterocycles. The summed E-state index contributed by atoms with van der Waals surface area (Å²) in [6, 6.07) is 12.7. The van der Waals surface area contributed by atoms with Crippen molar-refractivity contribution in [2.24, 2.45) is 7.05 Å². The van der Waals surface area contributed by atoms with Gasteiger partial charge in [-0.25, -0.2) is 9.67 Å². The summed E-state index contributed by atoms with van der Waals surface area (Å²) in [6.07, 6.45) is 5.03. The summed E-state index contributed by atoms with van der Waals surface area (Å²) >= 11 is 0. The number of carbonyl (C=O) groups is 1. The molecule has 33 heavy (non-hydrogen) atoms. The molecule has 0 aliphatic carbocycles. The van der Waals surface area contributed by atoms with Crippen molar-refractivity contribution in [3.8, 4) is 16.9 Å². The summed E-state index contributed by atoms with van der Waals surface area (Å²) in [4.78, 5) is 33.6. The number of aromatic nitrogens is 5. The van der Waals surface area contributed by atoms with Crippen molar-refractivity contribution in [1.82, 2.24) is 29.6 Å². The number of amides is 1. The van der Waals surface area contributed by atoms with E-state index in [0.29, 0.717) is 12.1 Å². The van der Waals surface area contributed by atoms with Gasteiger partial charge < -0.3 is 9.88 Å². The van der Waals surface area contributed by atoms with E-state index in [1.54, 1.807) is 36.3 Å². The van der Waals surface area contributed by atoms with Crippen LogP contribution in [0, 0.1) is 6.92 Å². The Morgan fingerprint density at radius 1 is 1.09 bits per heavy atom. The van der Waals surface area contributed by atoms with Gasteiger partial charge in [-0.2, -0.15) is 5.10 Å². The van der Waals surface area contributed by atoms with Gasteiger partial charge in [0.05, 0.1) is 11.4 Å². The van der Waals surface area contributed by atoms with Crippen molar-refractivity contribution in [3.05, 3.63) is 94.1 Å². The van der Waals surface area contributed by atoms with Crippen molar-refractivity contribution < 1.29 is 4.79 Å². The summed E-state index contributed by atoms with van der Waals surface area (Å²) < 4.78 is 3.24. The number of pyridine rings is 2. The largest absolute Gasteiger partial charge is 0.348 e. The fraction of sp³-hybridized carbons (Fsp3) is 0.240. The summed E-state index contributed by atoms with van der Waals surface area (Å²) in [5.41, 5.74) is 4.60. The highest BCUT2D eigenvalue weighted by Gasteiger charge is 2.16. The lowest BCUT2D eigenvalue weighted by atomic mass is 10.0. The number of carbonyl (C=O) groups excluding carboxylic acids is 1. The molecular weight excluding hydrogens is 416 g/mol. The van der Waals surface area contributed by atoms with Crippen LogP contribution in [0.25, 0.3) is 16.9 Å². The van der Waals surface area contributed by atoms with Crippen LogP contribution >= 0.6 is 0 Å². The molecule has 0 aliphatic heterocycles. The fourth-order valence-corrected chi connectivity index (χ4v) is 3.53. The lowest BCUT2D eigenvalue weighted by Crippen LogP contribution is -2.24. The van der Waals surface area contributed by atoms with Gasteiger partial charge in [0.15, 0.2) is 0 Å². The van der Waals surface area contributed by atoms with Gasteiger partial charge in [-0.3, -0.25) is 14.6 Å². The SMILES string of the molecule is Cc1ccc(-c2cc(C(=O)NCc3ccc(=O)n(C)c3)cc(-n3ncnc3C(C)C)c2)nc1. The minimum absolute atomic E-state index is 0.0955. The van der Waals surface area contributed by atoms with Gasteiger partial charge in [0.1, 0.15) is 12.2 Å². The Balaban J connectivity index is 1.71. The number of nitrogens with zero attached hydrogens (tertiary/aromatic N) is 5. The van der Waals surface area contributed by atoms with E-state index in [0.717, 1.165) is 33.9 Å². The van der Waals surface area contributed by atoms with Gasteiger partial charge in [0.2, 0.25) is 5.56 Å². The Morgan fingerprint density at radius 2 is 1.91 bits per heavy atom. The zero-order chi connectivity index (χ0) is 23.5. The molecule has 0 unspecified atom stereocenters. The molecule has 4 aromatic rings. The van der Waals surface area contributed by atoms with E-state index < -0.39 is 0 Å². The standard InChI is InChI=1S/C25H26N6O2/c1-16(2)24-28-15-29-31(24)21-10-19(22-7-5-17(3)12-26-22)9-20(11-21)25(33)27-13-18-6-8-23(32)30(4)14-18/h5-12,14-16H,13H2,1-4H3,(H,27,33). The summed E-state index contributed by atoms with van der Waals surface area (Å²) in [7, 11) is 1.68. The van der Waals surface area contributed by atoms with Crippen LogP contribution in [0.5, 0.6) is 0 Å². The summed E-state index contributed by atoms with van der Waals surface area (Å²) in [5, 5.41) is 7.33. The molecule has 0 radical (unpaired) electrons. The van der Waals surface area contributed by atoms with E-state index in [2.05, 4.69) is 20.4 Å². The molecule has 0 fully saturated rings. The summed E-state index contributed by atoms with van der Waals surface area (Å²) in [5.74, 6) is 0.738. The smallest absolute Gasteiger partial charge is 0.251 e. The molecule has 1 N–H and O–H groups in total. The normalized spacial score (nSPS) is 11.1. The summed E-state index contributed by atoms with van der Waals surface area (Å²) in [6.45, 7) is 6.38. The van der Waals surface area contributed by atoms with Gasteiger partial charge in [0, 0.05) is 49.1 Å². The molecule has 0 saturated heterocycles. The molecule has 8 heteroatoms. The monoisotopic (exact) mass is 442 g/mol. The molecule has 0 spiro atoms. The minimum Gasteiger partial charge on any atom is -0.348 e. The average molecular weight is 443 g/mol. The fourth-order valence-electron chi connectivity index (χ4n) is 3.53. The van der Waals surface area contributed by atoms with Gasteiger partial charge >= 0.3 is 0 Å². The molecule has 4 rings (SSSR count). The van der Waals surface area contributed by atoms with Crippen LogP contribution in [0.3, 0.4) is 0 Å². The highest BCUT2D eigenvalue weighted by molar-refractivity contribution is 5.96. The molecule has 3 heterocycles. The van der Waals surface area contributed by atoms with Crippen molar-refractivity contribution in [2.45, 2.75) is 33.2 Å². The third-order valence-electron chi connectivity index (χ3n) is 5.32. The van der Waals surface area contributed by atoms with E-state index in [1.165, 1.54) is 17.0 Å². The van der Waals surface area contributed by atoms with Crippen LogP contribution in [0.1, 0.15) is 47.1 Å². The van der Waals surface area contributed by atoms with E-state index in [1.807, 2.05) is 45.0 Å². The Morgan fingerprint density at radius 3 is 2.61 bits per heavy atom. The lowest BCUT2D eigenvalue weighted by Gasteiger charge is -2.13. The van der Waals surface area contributed by atoms with E-state index in [-0.39, 0.29) is 17.4 Å². The van der Waals surface area contributed by atoms with Crippen LogP contribution in [0.4, 0.5) is 0 Å². The van der Waals surface area contributed by atoms with Crippen LogP contribution in [0.15, 0.2) is 66.0 Å². The van der Waals surface area contributed by atoms with Gasteiger partial charge in [-0.15, -0.1) is 0 Å². The number of aryl methyl sites for hydroxylation is 2. The molecular formula is C25H26N6O2. The second kappa shape index (κ2) is 9.20. The number of hydrogen-bond acceptors (Lipinski definition) is 5. The lowest BCUT2D eigenvalue weighted by molar-refractivity contribution is 0.0951. The van der Waals surface area contributed by atoms with Crippen LogP contribution < -0.4 is 10.9 Å². The molecule has 0 bridgehead atoms. The topological polar surface area (TPSA) is 94.7 Å². The van der Waals surface area contributed by atoms with E-state index in [4.69, 9.17) is 0 Å². The van der Waals surface area contributed by atoms with Crippen molar-refractivity contribution in [2.75, 3.05) is 0 Å². The van der Waals surface area contributed by atoms with Crippen LogP contribution in [-0.2, 0) is 13.6 Å². The number of rotatable bonds is 6. The molecule has 0 atom stereocenters. The van der Waals surface area contributed by atoms with Crippen LogP contribution in [0.2, 0.25) is 0 Å². The zero-order valence-corrected chi connectivity index (χ0v) is 19.1. The average Bonchev–Trinajstić information content (AvgIpc) is 3.30. The minimum atomic E-state index is -0.231. The molecule has 0 saturated carbocycles. The number of hydrogen-bond donors (Lipinski definition) is 1. The first kappa shape index (κ1) is 22.1. The highest BCUT2D eigenvalue weighted by atomic mass is 16.1. The Labute approximate surface area is 192 Å². The number of benzene rings is 1. The first-order chi connectivity index (χ1) is 15.8. The van der Waals surface area contributed by atoms with Gasteiger partial charge in [0.25, 0.3) is 5.91 Å². The predicted octanol–water partition coefficient (Wildman–Crippen LogP) is 3.39. The zero-order valence-electron chi connectivity index (χ0n) is 19.1. The van der Waals surface area contributed by atoms with Crippen molar-refractivity contribution in [1.29, 1.82) is 0 Å². The van der Waals surface area contributed by atoms with Gasteiger partial charge in [-0.05, 0) is 42.3 Å². The maximum Gasteiger partial charge on any atom is 0.251 e. The highest BCUT2D eigenvalue weighted by Crippen LogP contribution is 2.25. The van der Waals surface area contributed by atoms with Crippen molar-refractivity contribution >= 4 is 5.91 Å².